The summed E-state index contributed by atoms with van der Waals surface area (Å²) in [6.45, 7) is 0. The molecule has 7 nitrogen and oxygen atoms in total. The van der Waals surface area contributed by atoms with Crippen molar-refractivity contribution >= 4 is 29.3 Å². The van der Waals surface area contributed by atoms with Crippen molar-refractivity contribution in [2.45, 2.75) is 5.92 Å². The first kappa shape index (κ1) is 14.1. The van der Waals surface area contributed by atoms with Crippen molar-refractivity contribution in [3.8, 4) is 6.07 Å². The molecule has 1 aromatic heterocycles. The van der Waals surface area contributed by atoms with Gasteiger partial charge in [0.2, 0.25) is 11.9 Å². The number of amides is 1. The van der Waals surface area contributed by atoms with Crippen LogP contribution >= 0.6 is 11.6 Å². The quantitative estimate of drug-likeness (QED) is 0.730. The van der Waals surface area contributed by atoms with E-state index in [1.807, 2.05) is 6.07 Å². The number of H-pyrrole nitrogens is 1. The van der Waals surface area contributed by atoms with Crippen LogP contribution in [0.15, 0.2) is 29.1 Å². The van der Waals surface area contributed by atoms with Crippen LogP contribution in [0.5, 0.6) is 0 Å². The number of nitriles is 1. The summed E-state index contributed by atoms with van der Waals surface area (Å²) in [5, 5.41) is 12.3. The standard InChI is InChI=1S/C14H10ClN5O2/c15-7-3-1-6(2-4-7)9-8(5-16)12(21)18-11-10(9)13(22)20-14(17)19-11/h1-4,8-9H,(H4,17,18,19,20,21,22)/t8-,9+/m0/s1. The van der Waals surface area contributed by atoms with Crippen LogP contribution in [0.1, 0.15) is 17.0 Å². The van der Waals surface area contributed by atoms with Crippen LogP contribution in [-0.2, 0) is 4.79 Å². The summed E-state index contributed by atoms with van der Waals surface area (Å²) >= 11 is 5.86. The van der Waals surface area contributed by atoms with Gasteiger partial charge in [-0.2, -0.15) is 10.2 Å². The Bertz CT molecular complexity index is 853. The first-order valence-electron chi connectivity index (χ1n) is 6.37. The highest BCUT2D eigenvalue weighted by Gasteiger charge is 2.40. The smallest absolute Gasteiger partial charge is 0.258 e. The van der Waals surface area contributed by atoms with Crippen LogP contribution in [0.4, 0.5) is 11.8 Å². The molecule has 4 N–H and O–H groups in total. The number of carbonyl (C=O) groups is 1. The molecule has 2 heterocycles. The van der Waals surface area contributed by atoms with Gasteiger partial charge in [0.25, 0.3) is 5.56 Å². The zero-order valence-corrected chi connectivity index (χ0v) is 11.9. The summed E-state index contributed by atoms with van der Waals surface area (Å²) in [4.78, 5) is 30.7. The number of nitrogen functional groups attached to an aromatic ring is 1. The van der Waals surface area contributed by atoms with Crippen LogP contribution in [0.2, 0.25) is 5.02 Å². The van der Waals surface area contributed by atoms with Crippen molar-refractivity contribution < 1.29 is 4.79 Å². The molecule has 0 aliphatic carbocycles. The molecule has 110 valence electrons. The van der Waals surface area contributed by atoms with Crippen LogP contribution in [0.25, 0.3) is 0 Å². The second-order valence-electron chi connectivity index (χ2n) is 4.84. The number of nitrogens with two attached hydrogens (primary N) is 1. The van der Waals surface area contributed by atoms with Gasteiger partial charge in [-0.05, 0) is 17.7 Å². The number of halogens is 1. The zero-order valence-electron chi connectivity index (χ0n) is 11.1. The van der Waals surface area contributed by atoms with E-state index in [-0.39, 0.29) is 17.3 Å². The SMILES string of the molecule is N#C[C@@H]1C(=O)Nc2nc(N)[nH]c(=O)c2[C@@H]1c1ccc(Cl)cc1. The van der Waals surface area contributed by atoms with Gasteiger partial charge >= 0.3 is 0 Å². The third-order valence-corrected chi connectivity index (χ3v) is 3.76. The van der Waals surface area contributed by atoms with E-state index in [0.29, 0.717) is 10.6 Å². The first-order chi connectivity index (χ1) is 10.5. The fourth-order valence-electron chi connectivity index (χ4n) is 2.56. The summed E-state index contributed by atoms with van der Waals surface area (Å²) in [6, 6.07) is 8.57. The number of hydrogen-bond acceptors (Lipinski definition) is 5. The molecule has 1 aromatic carbocycles. The topological polar surface area (TPSA) is 125 Å². The Balaban J connectivity index is 2.26. The van der Waals surface area contributed by atoms with E-state index >= 15 is 0 Å². The Morgan fingerprint density at radius 1 is 1.27 bits per heavy atom. The summed E-state index contributed by atoms with van der Waals surface area (Å²) in [6.07, 6.45) is 0. The maximum atomic E-state index is 12.2. The Labute approximate surface area is 129 Å². The average molecular weight is 316 g/mol. The van der Waals surface area contributed by atoms with Gasteiger partial charge < -0.3 is 11.1 Å². The van der Waals surface area contributed by atoms with E-state index < -0.39 is 23.3 Å². The molecular formula is C14H10ClN5O2. The monoisotopic (exact) mass is 315 g/mol. The summed E-state index contributed by atoms with van der Waals surface area (Å²) in [5.74, 6) is -2.32. The first-order valence-corrected chi connectivity index (χ1v) is 6.74. The van der Waals surface area contributed by atoms with Gasteiger partial charge in [0.15, 0.2) is 0 Å². The van der Waals surface area contributed by atoms with Crippen molar-refractivity contribution in [2.24, 2.45) is 5.92 Å². The van der Waals surface area contributed by atoms with Crippen LogP contribution in [-0.4, -0.2) is 15.9 Å². The molecule has 8 heteroatoms. The number of benzene rings is 1. The number of rotatable bonds is 1. The second-order valence-corrected chi connectivity index (χ2v) is 5.28. The number of nitrogens with zero attached hydrogens (tertiary/aromatic N) is 2. The van der Waals surface area contributed by atoms with E-state index in [9.17, 15) is 14.9 Å². The van der Waals surface area contributed by atoms with E-state index in [0.717, 1.165) is 0 Å². The lowest BCUT2D eigenvalue weighted by Gasteiger charge is -2.28. The van der Waals surface area contributed by atoms with Crippen molar-refractivity contribution in [3.05, 3.63) is 50.8 Å². The Morgan fingerprint density at radius 2 is 1.95 bits per heavy atom. The molecule has 2 aromatic rings. The predicted molar refractivity (Wildman–Crippen MR) is 80.3 cm³/mol. The normalized spacial score (nSPS) is 19.9. The molecule has 1 amide bonds. The molecule has 22 heavy (non-hydrogen) atoms. The van der Waals surface area contributed by atoms with E-state index in [4.69, 9.17) is 17.3 Å². The molecule has 0 saturated heterocycles. The van der Waals surface area contributed by atoms with Gasteiger partial charge in [0.1, 0.15) is 11.7 Å². The summed E-state index contributed by atoms with van der Waals surface area (Å²) in [5.41, 5.74) is 5.85. The molecular weight excluding hydrogens is 306 g/mol. The predicted octanol–water partition coefficient (Wildman–Crippen LogP) is 1.23. The highest BCUT2D eigenvalue weighted by Crippen LogP contribution is 2.37. The number of nitrogens with one attached hydrogen (secondary N) is 2. The van der Waals surface area contributed by atoms with Crippen molar-refractivity contribution in [2.75, 3.05) is 11.1 Å². The van der Waals surface area contributed by atoms with Gasteiger partial charge in [-0.1, -0.05) is 23.7 Å². The second kappa shape index (κ2) is 5.16. The molecule has 0 unspecified atom stereocenters. The molecule has 0 radical (unpaired) electrons. The molecule has 0 fully saturated rings. The van der Waals surface area contributed by atoms with E-state index in [2.05, 4.69) is 15.3 Å². The fraction of sp³-hybridized carbons (Fsp3) is 0.143. The Kier molecular flexibility index (Phi) is 3.31. The Morgan fingerprint density at radius 3 is 2.59 bits per heavy atom. The molecule has 3 rings (SSSR count). The number of anilines is 2. The molecule has 1 aliphatic rings. The summed E-state index contributed by atoms with van der Waals surface area (Å²) < 4.78 is 0. The minimum Gasteiger partial charge on any atom is -0.369 e. The van der Waals surface area contributed by atoms with E-state index in [1.54, 1.807) is 24.3 Å². The molecule has 0 saturated carbocycles. The van der Waals surface area contributed by atoms with Crippen LogP contribution in [0, 0.1) is 17.2 Å². The maximum absolute atomic E-state index is 12.2. The van der Waals surface area contributed by atoms with Crippen molar-refractivity contribution in [1.29, 1.82) is 5.26 Å². The lowest BCUT2D eigenvalue weighted by molar-refractivity contribution is -0.119. The zero-order chi connectivity index (χ0) is 15.9. The van der Waals surface area contributed by atoms with Gasteiger partial charge in [-0.3, -0.25) is 14.6 Å². The fourth-order valence-corrected chi connectivity index (χ4v) is 2.68. The van der Waals surface area contributed by atoms with Crippen molar-refractivity contribution in [3.63, 3.8) is 0 Å². The molecule has 0 bridgehead atoms. The summed E-state index contributed by atoms with van der Waals surface area (Å²) in [7, 11) is 0. The third kappa shape index (κ3) is 2.19. The van der Waals surface area contributed by atoms with Gasteiger partial charge in [-0.25, -0.2) is 0 Å². The number of aromatic nitrogens is 2. The lowest BCUT2D eigenvalue weighted by atomic mass is 9.79. The Hall–Kier alpha value is -2.85. The lowest BCUT2D eigenvalue weighted by Crippen LogP contribution is -2.38. The minimum atomic E-state index is -1.04. The number of fused-ring (bicyclic) bond motifs is 1. The number of aromatic amines is 1. The minimum absolute atomic E-state index is 0.0812. The molecule has 0 spiro atoms. The average Bonchev–Trinajstić information content (AvgIpc) is 2.46. The molecule has 2 atom stereocenters. The highest BCUT2D eigenvalue weighted by molar-refractivity contribution is 6.30. The largest absolute Gasteiger partial charge is 0.369 e. The van der Waals surface area contributed by atoms with Gasteiger partial charge in [0.05, 0.1) is 11.6 Å². The number of carbonyl (C=O) groups excluding carboxylic acids is 1. The van der Waals surface area contributed by atoms with Gasteiger partial charge in [-0.15, -0.1) is 0 Å². The van der Waals surface area contributed by atoms with Crippen LogP contribution in [0.3, 0.4) is 0 Å². The third-order valence-electron chi connectivity index (χ3n) is 3.51. The van der Waals surface area contributed by atoms with Gasteiger partial charge in [0, 0.05) is 10.9 Å². The number of hydrogen-bond donors (Lipinski definition) is 3. The maximum Gasteiger partial charge on any atom is 0.258 e. The molecule has 1 aliphatic heterocycles. The van der Waals surface area contributed by atoms with Crippen molar-refractivity contribution in [1.82, 2.24) is 9.97 Å². The van der Waals surface area contributed by atoms with E-state index in [1.165, 1.54) is 0 Å². The highest BCUT2D eigenvalue weighted by atomic mass is 35.5. The van der Waals surface area contributed by atoms with Crippen LogP contribution < -0.4 is 16.6 Å².